The summed E-state index contributed by atoms with van der Waals surface area (Å²) in [6.07, 6.45) is 10.2. The summed E-state index contributed by atoms with van der Waals surface area (Å²) < 4.78 is 9.34. The number of rotatable bonds is 11. The van der Waals surface area contributed by atoms with Crippen LogP contribution in [0.4, 0.5) is 0 Å². The molecule has 0 atom stereocenters. The third kappa shape index (κ3) is 6.66. The van der Waals surface area contributed by atoms with E-state index in [4.69, 9.17) is 21.4 Å². The van der Waals surface area contributed by atoms with Crippen LogP contribution in [-0.2, 0) is 11.3 Å². The molecule has 0 aliphatic heterocycles. The topological polar surface area (TPSA) is 97.8 Å². The van der Waals surface area contributed by atoms with Crippen LogP contribution in [0.3, 0.4) is 0 Å². The lowest BCUT2D eigenvalue weighted by Crippen LogP contribution is -2.26. The molecular formula is C28H27ClN6O2. The fourth-order valence-electron chi connectivity index (χ4n) is 3.69. The van der Waals surface area contributed by atoms with Crippen molar-refractivity contribution in [3.05, 3.63) is 89.6 Å². The molecule has 9 heteroatoms. The highest BCUT2D eigenvalue weighted by atomic mass is 35.5. The fraction of sp³-hybridized carbons (Fsp3) is 0.214. The molecule has 2 aromatic carbocycles. The van der Waals surface area contributed by atoms with Crippen LogP contribution in [0.25, 0.3) is 23.0 Å². The summed E-state index contributed by atoms with van der Waals surface area (Å²) in [4.78, 5) is 16.8. The minimum atomic E-state index is -0.437. The highest BCUT2D eigenvalue weighted by Gasteiger charge is 2.16. The molecule has 0 unspecified atom stereocenters. The number of aryl methyl sites for hydroxylation is 1. The van der Waals surface area contributed by atoms with Gasteiger partial charge in [-0.3, -0.25) is 4.79 Å². The van der Waals surface area contributed by atoms with Crippen LogP contribution < -0.4 is 10.1 Å². The van der Waals surface area contributed by atoms with Gasteiger partial charge in [-0.15, -0.1) is 0 Å². The lowest BCUT2D eigenvalue weighted by molar-refractivity contribution is -0.117. The number of benzene rings is 2. The number of nitriles is 1. The highest BCUT2D eigenvalue weighted by molar-refractivity contribution is 6.32. The minimum Gasteiger partial charge on any atom is -0.492 e. The first-order valence-corrected chi connectivity index (χ1v) is 12.4. The average Bonchev–Trinajstić information content (AvgIpc) is 3.59. The minimum absolute atomic E-state index is 0.00881. The predicted molar refractivity (Wildman–Crippen MR) is 143 cm³/mol. The van der Waals surface area contributed by atoms with Crippen LogP contribution in [0.2, 0.25) is 5.02 Å². The van der Waals surface area contributed by atoms with Gasteiger partial charge in [0.1, 0.15) is 23.1 Å². The van der Waals surface area contributed by atoms with Gasteiger partial charge in [-0.2, -0.15) is 10.4 Å². The summed E-state index contributed by atoms with van der Waals surface area (Å²) >= 11 is 6.49. The van der Waals surface area contributed by atoms with Gasteiger partial charge in [0.15, 0.2) is 0 Å². The summed E-state index contributed by atoms with van der Waals surface area (Å²) in [6, 6.07) is 17.1. The Hall–Kier alpha value is -4.35. The average molecular weight is 515 g/mol. The van der Waals surface area contributed by atoms with Crippen molar-refractivity contribution in [2.75, 3.05) is 13.2 Å². The van der Waals surface area contributed by atoms with E-state index in [1.54, 1.807) is 41.6 Å². The van der Waals surface area contributed by atoms with Crippen molar-refractivity contribution in [1.29, 1.82) is 5.26 Å². The van der Waals surface area contributed by atoms with Crippen molar-refractivity contribution in [2.45, 2.75) is 26.3 Å². The number of hydrogen-bond acceptors (Lipinski definition) is 5. The predicted octanol–water partition coefficient (Wildman–Crippen LogP) is 5.29. The number of amides is 1. The number of nitrogens with one attached hydrogen (secondary N) is 1. The van der Waals surface area contributed by atoms with Gasteiger partial charge in [0.05, 0.1) is 23.6 Å². The summed E-state index contributed by atoms with van der Waals surface area (Å²) in [6.45, 7) is 3.75. The molecule has 2 heterocycles. The van der Waals surface area contributed by atoms with E-state index >= 15 is 0 Å². The monoisotopic (exact) mass is 514 g/mol. The normalized spacial score (nSPS) is 11.2. The Bertz CT molecular complexity index is 1400. The maximum absolute atomic E-state index is 12.8. The second kappa shape index (κ2) is 12.6. The van der Waals surface area contributed by atoms with Crippen molar-refractivity contribution in [2.24, 2.45) is 0 Å². The molecule has 0 aliphatic carbocycles. The SMILES string of the molecule is CCCOc1ccc(-c2nn(-c3ccccc3)cc2/C=C(\C#N)C(=O)NCCCn2ccnc2)cc1Cl. The highest BCUT2D eigenvalue weighted by Crippen LogP contribution is 2.32. The fourth-order valence-corrected chi connectivity index (χ4v) is 3.92. The maximum atomic E-state index is 12.8. The Morgan fingerprint density at radius 2 is 2.08 bits per heavy atom. The van der Waals surface area contributed by atoms with Gasteiger partial charge < -0.3 is 14.6 Å². The zero-order chi connectivity index (χ0) is 26.0. The van der Waals surface area contributed by atoms with E-state index in [2.05, 4.69) is 10.3 Å². The van der Waals surface area contributed by atoms with E-state index in [1.165, 1.54) is 0 Å². The van der Waals surface area contributed by atoms with Crippen LogP contribution in [-0.4, -0.2) is 38.4 Å². The largest absolute Gasteiger partial charge is 0.492 e. The third-order valence-electron chi connectivity index (χ3n) is 5.53. The van der Waals surface area contributed by atoms with Gasteiger partial charge in [0.25, 0.3) is 5.91 Å². The van der Waals surface area contributed by atoms with Crippen LogP contribution in [0.15, 0.2) is 79.0 Å². The van der Waals surface area contributed by atoms with E-state index in [-0.39, 0.29) is 5.57 Å². The molecule has 188 valence electrons. The van der Waals surface area contributed by atoms with Crippen molar-refractivity contribution >= 4 is 23.6 Å². The number of carbonyl (C=O) groups excluding carboxylic acids is 1. The van der Waals surface area contributed by atoms with Gasteiger partial charge in [-0.05, 0) is 49.2 Å². The maximum Gasteiger partial charge on any atom is 0.261 e. The molecule has 1 amide bonds. The van der Waals surface area contributed by atoms with Gasteiger partial charge in [-0.25, -0.2) is 9.67 Å². The van der Waals surface area contributed by atoms with Gasteiger partial charge in [-0.1, -0.05) is 36.7 Å². The number of halogens is 1. The third-order valence-corrected chi connectivity index (χ3v) is 5.83. The molecule has 37 heavy (non-hydrogen) atoms. The van der Waals surface area contributed by atoms with E-state index in [0.29, 0.717) is 41.6 Å². The molecule has 0 saturated heterocycles. The van der Waals surface area contributed by atoms with E-state index in [9.17, 15) is 10.1 Å². The Morgan fingerprint density at radius 1 is 1.24 bits per heavy atom. The lowest BCUT2D eigenvalue weighted by atomic mass is 10.1. The summed E-state index contributed by atoms with van der Waals surface area (Å²) in [5.74, 6) is 0.160. The summed E-state index contributed by atoms with van der Waals surface area (Å²) in [5, 5.41) is 17.8. The van der Waals surface area contributed by atoms with Gasteiger partial charge >= 0.3 is 0 Å². The van der Waals surface area contributed by atoms with Crippen molar-refractivity contribution in [3.8, 4) is 28.8 Å². The summed E-state index contributed by atoms with van der Waals surface area (Å²) in [7, 11) is 0. The standard InChI is InChI=1S/C28H27ClN6O2/c1-2-15-37-26-10-9-21(17-25(26)29)27-23(19-35(33-27)24-7-4-3-5-8-24)16-22(18-30)28(36)32-11-6-13-34-14-12-31-20-34/h3-5,7-10,12,14,16-17,19-20H,2,6,11,13,15H2,1H3,(H,32,36)/b22-16+. The quantitative estimate of drug-likeness (QED) is 0.166. The Balaban J connectivity index is 1.61. The molecule has 4 rings (SSSR count). The zero-order valence-corrected chi connectivity index (χ0v) is 21.2. The number of hydrogen-bond donors (Lipinski definition) is 1. The van der Waals surface area contributed by atoms with E-state index in [1.807, 2.05) is 60.2 Å². The van der Waals surface area contributed by atoms with Crippen molar-refractivity contribution < 1.29 is 9.53 Å². The van der Waals surface area contributed by atoms with Crippen LogP contribution >= 0.6 is 11.6 Å². The molecule has 4 aromatic rings. The van der Waals surface area contributed by atoms with E-state index in [0.717, 1.165) is 24.2 Å². The first-order chi connectivity index (χ1) is 18.1. The number of ether oxygens (including phenoxy) is 1. The Morgan fingerprint density at radius 3 is 2.78 bits per heavy atom. The van der Waals surface area contributed by atoms with Gasteiger partial charge in [0.2, 0.25) is 0 Å². The first kappa shape index (κ1) is 25.7. The Kier molecular flexibility index (Phi) is 8.74. The van der Waals surface area contributed by atoms with Crippen LogP contribution in [0.5, 0.6) is 5.75 Å². The van der Waals surface area contributed by atoms with Crippen LogP contribution in [0.1, 0.15) is 25.3 Å². The molecule has 1 N–H and O–H groups in total. The molecule has 0 aliphatic rings. The molecule has 0 spiro atoms. The molecular weight excluding hydrogens is 488 g/mol. The molecule has 0 fully saturated rings. The number of para-hydroxylation sites is 1. The molecule has 0 bridgehead atoms. The van der Waals surface area contributed by atoms with Crippen LogP contribution in [0, 0.1) is 11.3 Å². The number of carbonyl (C=O) groups is 1. The molecule has 0 radical (unpaired) electrons. The Labute approximate surface area is 220 Å². The molecule has 2 aromatic heterocycles. The second-order valence-corrected chi connectivity index (χ2v) is 8.69. The van der Waals surface area contributed by atoms with E-state index < -0.39 is 5.91 Å². The summed E-state index contributed by atoms with van der Waals surface area (Å²) in [5.41, 5.74) is 2.79. The van der Waals surface area contributed by atoms with Crippen molar-refractivity contribution in [1.82, 2.24) is 24.6 Å². The number of imidazole rings is 1. The van der Waals surface area contributed by atoms with Gasteiger partial charge in [0, 0.05) is 42.8 Å². The second-order valence-electron chi connectivity index (χ2n) is 8.29. The number of aromatic nitrogens is 4. The lowest BCUT2D eigenvalue weighted by Gasteiger charge is -2.08. The first-order valence-electron chi connectivity index (χ1n) is 12.0. The molecule has 0 saturated carbocycles. The molecule has 8 nitrogen and oxygen atoms in total. The van der Waals surface area contributed by atoms with Crippen molar-refractivity contribution in [3.63, 3.8) is 0 Å². The zero-order valence-electron chi connectivity index (χ0n) is 20.5. The smallest absolute Gasteiger partial charge is 0.261 e. The number of nitrogens with zero attached hydrogens (tertiary/aromatic N) is 5.